The van der Waals surface area contributed by atoms with Crippen molar-refractivity contribution in [2.45, 2.75) is 11.3 Å². The predicted octanol–water partition coefficient (Wildman–Crippen LogP) is 3.64. The van der Waals surface area contributed by atoms with Crippen LogP contribution in [0.5, 0.6) is 5.75 Å². The number of methoxy groups -OCH3 is 1. The van der Waals surface area contributed by atoms with E-state index in [1.54, 1.807) is 18.3 Å². The minimum Gasteiger partial charge on any atom is -0.495 e. The monoisotopic (exact) mass is 488 g/mol. The highest BCUT2D eigenvalue weighted by atomic mass is 32.2. The smallest absolute Gasteiger partial charge is 0.242 e. The number of sulfonamides is 1. The van der Waals surface area contributed by atoms with Crippen LogP contribution in [0.2, 0.25) is 0 Å². The van der Waals surface area contributed by atoms with Crippen LogP contribution in [0.3, 0.4) is 0 Å². The maximum atomic E-state index is 13.2. The van der Waals surface area contributed by atoms with Gasteiger partial charge in [0.25, 0.3) is 0 Å². The highest BCUT2D eigenvalue weighted by Crippen LogP contribution is 2.29. The van der Waals surface area contributed by atoms with Crippen LogP contribution in [0.4, 0.5) is 10.1 Å². The minimum atomic E-state index is -3.67. The van der Waals surface area contributed by atoms with Crippen molar-refractivity contribution in [2.75, 3.05) is 26.5 Å². The lowest BCUT2D eigenvalue weighted by atomic mass is 10.2. The topological polar surface area (TPSA) is 93.0 Å². The first-order valence-corrected chi connectivity index (χ1v) is 12.1. The van der Waals surface area contributed by atoms with Gasteiger partial charge in [-0.25, -0.2) is 22.1 Å². The number of imidazole rings is 1. The van der Waals surface area contributed by atoms with Crippen molar-refractivity contribution in [1.82, 2.24) is 13.7 Å². The van der Waals surface area contributed by atoms with Crippen molar-refractivity contribution in [2.24, 2.45) is 0 Å². The SMILES string of the molecule is COc1ccc(S(=O)(=O)N(C)C)cc1NC(=O)Cc1csc2nc(-c3ccc(F)cc3)cn12. The largest absolute Gasteiger partial charge is 0.495 e. The quantitative estimate of drug-likeness (QED) is 0.429. The van der Waals surface area contributed by atoms with Crippen molar-refractivity contribution in [1.29, 1.82) is 0 Å². The number of aromatic nitrogens is 2. The summed E-state index contributed by atoms with van der Waals surface area (Å²) in [6, 6.07) is 10.3. The highest BCUT2D eigenvalue weighted by Gasteiger charge is 2.20. The van der Waals surface area contributed by atoms with E-state index < -0.39 is 10.0 Å². The summed E-state index contributed by atoms with van der Waals surface area (Å²) in [7, 11) is 0.638. The minimum absolute atomic E-state index is 0.0348. The summed E-state index contributed by atoms with van der Waals surface area (Å²) in [5.41, 5.74) is 2.41. The van der Waals surface area contributed by atoms with E-state index in [0.717, 1.165) is 9.87 Å². The summed E-state index contributed by atoms with van der Waals surface area (Å²) in [6.07, 6.45) is 1.83. The Morgan fingerprint density at radius 3 is 2.61 bits per heavy atom. The van der Waals surface area contributed by atoms with Gasteiger partial charge in [-0.2, -0.15) is 0 Å². The number of amides is 1. The van der Waals surface area contributed by atoms with Crippen LogP contribution in [0.15, 0.2) is 58.9 Å². The van der Waals surface area contributed by atoms with Crippen LogP contribution >= 0.6 is 11.3 Å². The molecule has 0 atom stereocenters. The van der Waals surface area contributed by atoms with Crippen LogP contribution in [-0.2, 0) is 21.2 Å². The molecule has 33 heavy (non-hydrogen) atoms. The van der Waals surface area contributed by atoms with Gasteiger partial charge in [-0.1, -0.05) is 0 Å². The summed E-state index contributed by atoms with van der Waals surface area (Å²) >= 11 is 1.39. The van der Waals surface area contributed by atoms with Crippen molar-refractivity contribution < 1.29 is 22.3 Å². The molecule has 1 N–H and O–H groups in total. The number of ether oxygens (including phenoxy) is 1. The normalized spacial score (nSPS) is 11.8. The average Bonchev–Trinajstić information content (AvgIpc) is 3.36. The maximum absolute atomic E-state index is 13.2. The molecule has 172 valence electrons. The lowest BCUT2D eigenvalue weighted by molar-refractivity contribution is -0.115. The van der Waals surface area contributed by atoms with Gasteiger partial charge in [0.1, 0.15) is 11.6 Å². The fourth-order valence-electron chi connectivity index (χ4n) is 3.23. The summed E-state index contributed by atoms with van der Waals surface area (Å²) in [4.78, 5) is 18.1. The lowest BCUT2D eigenvalue weighted by Gasteiger charge is -2.15. The number of fused-ring (bicyclic) bond motifs is 1. The Morgan fingerprint density at radius 1 is 1.21 bits per heavy atom. The molecule has 0 radical (unpaired) electrons. The molecule has 2 heterocycles. The first-order valence-electron chi connectivity index (χ1n) is 9.81. The number of benzene rings is 2. The first-order chi connectivity index (χ1) is 15.7. The second-order valence-corrected chi connectivity index (χ2v) is 10.4. The van der Waals surface area contributed by atoms with E-state index in [-0.39, 0.29) is 28.7 Å². The molecule has 1 amide bonds. The maximum Gasteiger partial charge on any atom is 0.242 e. The molecule has 0 unspecified atom stereocenters. The molecule has 0 spiro atoms. The van der Waals surface area contributed by atoms with Crippen LogP contribution in [0.1, 0.15) is 5.69 Å². The standard InChI is InChI=1S/C22H21FN4O4S2/c1-26(2)33(29,30)17-8-9-20(31-3)18(11-17)24-21(28)10-16-13-32-22-25-19(12-27(16)22)14-4-6-15(23)7-5-14/h4-9,11-13H,10H2,1-3H3,(H,24,28). The molecule has 0 aliphatic carbocycles. The molecule has 0 saturated heterocycles. The van der Waals surface area contributed by atoms with E-state index in [1.165, 1.54) is 62.9 Å². The Balaban J connectivity index is 1.57. The van der Waals surface area contributed by atoms with Gasteiger partial charge in [-0.15, -0.1) is 11.3 Å². The van der Waals surface area contributed by atoms with E-state index >= 15 is 0 Å². The van der Waals surface area contributed by atoms with Crippen LogP contribution in [0.25, 0.3) is 16.2 Å². The molecule has 2 aromatic heterocycles. The third-order valence-corrected chi connectivity index (χ3v) is 7.69. The third-order valence-electron chi connectivity index (χ3n) is 4.99. The number of carbonyl (C=O) groups excluding carboxylic acids is 1. The molecule has 4 aromatic rings. The van der Waals surface area contributed by atoms with Crippen molar-refractivity contribution in [3.05, 3.63) is 65.6 Å². The summed E-state index contributed by atoms with van der Waals surface area (Å²) < 4.78 is 46.3. The van der Waals surface area contributed by atoms with Crippen LogP contribution in [0, 0.1) is 5.82 Å². The van der Waals surface area contributed by atoms with Crippen LogP contribution in [-0.4, -0.2) is 49.2 Å². The molecule has 0 saturated carbocycles. The molecular formula is C22H21FN4O4S2. The zero-order valence-electron chi connectivity index (χ0n) is 18.1. The summed E-state index contributed by atoms with van der Waals surface area (Å²) in [6.45, 7) is 0. The van der Waals surface area contributed by atoms with Gasteiger partial charge in [-0.05, 0) is 42.5 Å². The second-order valence-electron chi connectivity index (χ2n) is 7.39. The number of nitrogens with one attached hydrogen (secondary N) is 1. The van der Waals surface area contributed by atoms with E-state index in [2.05, 4.69) is 10.3 Å². The van der Waals surface area contributed by atoms with Gasteiger partial charge in [0.15, 0.2) is 4.96 Å². The van der Waals surface area contributed by atoms with Gasteiger partial charge < -0.3 is 10.1 Å². The Kier molecular flexibility index (Phi) is 6.19. The van der Waals surface area contributed by atoms with Gasteiger partial charge in [-0.3, -0.25) is 9.20 Å². The Hall–Kier alpha value is -3.28. The number of hydrogen-bond acceptors (Lipinski definition) is 6. The predicted molar refractivity (Wildman–Crippen MR) is 125 cm³/mol. The molecule has 0 aliphatic rings. The molecule has 2 aromatic carbocycles. The van der Waals surface area contributed by atoms with Crippen molar-refractivity contribution in [3.63, 3.8) is 0 Å². The van der Waals surface area contributed by atoms with E-state index in [0.29, 0.717) is 22.1 Å². The Bertz CT molecular complexity index is 1430. The zero-order valence-corrected chi connectivity index (χ0v) is 19.7. The van der Waals surface area contributed by atoms with E-state index in [9.17, 15) is 17.6 Å². The van der Waals surface area contributed by atoms with Gasteiger partial charge in [0.05, 0.1) is 29.8 Å². The molecule has 11 heteroatoms. The second kappa shape index (κ2) is 8.93. The van der Waals surface area contributed by atoms with Gasteiger partial charge in [0.2, 0.25) is 15.9 Å². The highest BCUT2D eigenvalue weighted by molar-refractivity contribution is 7.89. The molecule has 0 fully saturated rings. The summed E-state index contributed by atoms with van der Waals surface area (Å²) in [5, 5.41) is 4.58. The number of nitrogens with zero attached hydrogens (tertiary/aromatic N) is 3. The molecular weight excluding hydrogens is 467 g/mol. The Labute approximate surface area is 194 Å². The number of carbonyl (C=O) groups is 1. The van der Waals surface area contributed by atoms with E-state index in [1.807, 2.05) is 9.78 Å². The Morgan fingerprint density at radius 2 is 1.94 bits per heavy atom. The average molecular weight is 489 g/mol. The summed E-state index contributed by atoms with van der Waals surface area (Å²) in [5.74, 6) is -0.322. The van der Waals surface area contributed by atoms with Gasteiger partial charge >= 0.3 is 0 Å². The fraction of sp³-hybridized carbons (Fsp3) is 0.182. The molecule has 0 aliphatic heterocycles. The van der Waals surface area contributed by atoms with Crippen molar-refractivity contribution in [3.8, 4) is 17.0 Å². The number of anilines is 1. The number of rotatable bonds is 7. The molecule has 8 nitrogen and oxygen atoms in total. The number of halogens is 1. The number of thiazole rings is 1. The van der Waals surface area contributed by atoms with Crippen LogP contribution < -0.4 is 10.1 Å². The fourth-order valence-corrected chi connectivity index (χ4v) is 5.03. The zero-order chi connectivity index (χ0) is 23.8. The number of hydrogen-bond donors (Lipinski definition) is 1. The molecule has 0 bridgehead atoms. The third kappa shape index (κ3) is 4.61. The van der Waals surface area contributed by atoms with Crippen molar-refractivity contribution >= 4 is 37.9 Å². The lowest BCUT2D eigenvalue weighted by Crippen LogP contribution is -2.22. The van der Waals surface area contributed by atoms with Gasteiger partial charge in [0, 0.05) is 36.9 Å². The first kappa shape index (κ1) is 22.9. The molecule has 4 rings (SSSR count). The van der Waals surface area contributed by atoms with E-state index in [4.69, 9.17) is 4.74 Å².